The molecule has 16 heteroatoms. The number of H-pyrrole nitrogens is 1. The zero-order valence-electron chi connectivity index (χ0n) is 25.4. The number of rotatable bonds is 8. The number of aromatic amines is 1. The molecule has 5 aromatic rings. The lowest BCUT2D eigenvalue weighted by molar-refractivity contribution is -0.119. The van der Waals surface area contributed by atoms with E-state index in [2.05, 4.69) is 25.1 Å². The van der Waals surface area contributed by atoms with Gasteiger partial charge in [0, 0.05) is 38.2 Å². The molecule has 3 aromatic carbocycles. The molecule has 1 fully saturated rings. The SMILES string of the molecule is CC(=O)N[C@@H](Cc1cc(F)cc(F)c1)c1nc2cc(N3C[C@@H](C)O[C@@H](C)C3)ccc2c(=O)n1-c1ccc(Cl)c2c(N[SH](=O)=O)n[nH]c12. The fraction of sp³-hybridized carbons (Fsp3) is 0.290. The van der Waals surface area contributed by atoms with Crippen molar-refractivity contribution >= 4 is 61.7 Å². The van der Waals surface area contributed by atoms with Crippen molar-refractivity contribution in [3.05, 3.63) is 86.9 Å². The van der Waals surface area contributed by atoms with Crippen molar-refractivity contribution in [2.24, 2.45) is 0 Å². The standard InChI is InChI=1S/C31H30ClF2N7O5S/c1-15-13-40(14-16(2)46-15)21-4-5-22-24(12-21)36-30(25(35-17(3)42)10-18-8-19(33)11-20(34)9-18)41(31(22)43)26-7-6-23(32)27-28(26)37-38-29(27)39-47(44)45/h4-9,11-12,15-16,25,47H,10,13-14H2,1-3H3,(H,35,42)(H2,37,38,39,44,45)/t15-,16+,25-/m0/s1. The van der Waals surface area contributed by atoms with Crippen molar-refractivity contribution < 1.29 is 26.7 Å². The summed E-state index contributed by atoms with van der Waals surface area (Å²) in [5, 5.41) is 10.2. The van der Waals surface area contributed by atoms with Gasteiger partial charge in [-0.2, -0.15) is 5.10 Å². The monoisotopic (exact) mass is 685 g/mol. The van der Waals surface area contributed by atoms with Crippen LogP contribution in [-0.2, 0) is 26.8 Å². The van der Waals surface area contributed by atoms with Gasteiger partial charge < -0.3 is 15.0 Å². The number of fused-ring (bicyclic) bond motifs is 2. The minimum atomic E-state index is -3.10. The largest absolute Gasteiger partial charge is 0.372 e. The molecule has 0 radical (unpaired) electrons. The van der Waals surface area contributed by atoms with Crippen LogP contribution in [0.2, 0.25) is 5.02 Å². The predicted octanol–water partition coefficient (Wildman–Crippen LogP) is 4.17. The summed E-state index contributed by atoms with van der Waals surface area (Å²) in [6, 6.07) is 10.2. The van der Waals surface area contributed by atoms with Gasteiger partial charge in [-0.05, 0) is 61.9 Å². The summed E-state index contributed by atoms with van der Waals surface area (Å²) in [6.45, 7) is 6.47. The van der Waals surface area contributed by atoms with Crippen molar-refractivity contribution in [3.8, 4) is 5.69 Å². The molecule has 246 valence electrons. The number of ether oxygens (including phenoxy) is 1. The molecule has 0 aliphatic carbocycles. The second-order valence-corrected chi connectivity index (χ2v) is 12.6. The van der Waals surface area contributed by atoms with Crippen LogP contribution in [0.25, 0.3) is 27.5 Å². The van der Waals surface area contributed by atoms with Gasteiger partial charge in [0.2, 0.25) is 16.8 Å². The van der Waals surface area contributed by atoms with Gasteiger partial charge in [0.25, 0.3) is 5.56 Å². The molecule has 1 amide bonds. The van der Waals surface area contributed by atoms with Crippen LogP contribution in [0.4, 0.5) is 20.3 Å². The molecule has 1 saturated heterocycles. The Balaban J connectivity index is 1.61. The van der Waals surface area contributed by atoms with Gasteiger partial charge in [0.1, 0.15) is 17.5 Å². The average molecular weight is 686 g/mol. The summed E-state index contributed by atoms with van der Waals surface area (Å²) >= 11 is 6.46. The normalized spacial score (nSPS) is 17.4. The highest BCUT2D eigenvalue weighted by Crippen LogP contribution is 2.34. The van der Waals surface area contributed by atoms with E-state index in [9.17, 15) is 26.8 Å². The van der Waals surface area contributed by atoms with Crippen LogP contribution >= 0.6 is 11.6 Å². The van der Waals surface area contributed by atoms with Crippen LogP contribution in [0.15, 0.2) is 53.3 Å². The first-order chi connectivity index (χ1) is 22.4. The number of carbonyl (C=O) groups excluding carboxylic acids is 1. The van der Waals surface area contributed by atoms with E-state index in [1.807, 2.05) is 19.9 Å². The zero-order valence-corrected chi connectivity index (χ0v) is 27.0. The molecule has 3 heterocycles. The highest BCUT2D eigenvalue weighted by Gasteiger charge is 2.27. The zero-order chi connectivity index (χ0) is 33.6. The van der Waals surface area contributed by atoms with E-state index in [4.69, 9.17) is 21.3 Å². The van der Waals surface area contributed by atoms with Gasteiger partial charge in [-0.1, -0.05) is 11.6 Å². The van der Waals surface area contributed by atoms with Gasteiger partial charge in [-0.15, -0.1) is 0 Å². The summed E-state index contributed by atoms with van der Waals surface area (Å²) in [5.74, 6) is -2.13. The van der Waals surface area contributed by atoms with Crippen molar-refractivity contribution in [1.82, 2.24) is 25.1 Å². The maximum atomic E-state index is 14.5. The Morgan fingerprint density at radius 3 is 2.47 bits per heavy atom. The Labute approximate surface area is 273 Å². The fourth-order valence-corrected chi connectivity index (χ4v) is 6.67. The quantitative estimate of drug-likeness (QED) is 0.178. The van der Waals surface area contributed by atoms with Crippen molar-refractivity contribution in [1.29, 1.82) is 0 Å². The van der Waals surface area contributed by atoms with Crippen LogP contribution < -0.4 is 20.5 Å². The first-order valence-electron chi connectivity index (χ1n) is 14.6. The number of halogens is 3. The van der Waals surface area contributed by atoms with Crippen molar-refractivity contribution in [3.63, 3.8) is 0 Å². The molecule has 47 heavy (non-hydrogen) atoms. The van der Waals surface area contributed by atoms with Gasteiger partial charge in [0.05, 0.1) is 50.8 Å². The Bertz CT molecular complexity index is 2130. The second-order valence-electron chi connectivity index (χ2n) is 11.5. The summed E-state index contributed by atoms with van der Waals surface area (Å²) in [5.41, 5.74) is 1.22. The third-order valence-corrected chi connectivity index (χ3v) is 8.51. The Kier molecular flexibility index (Phi) is 8.87. The topological polar surface area (TPSA) is 151 Å². The van der Waals surface area contributed by atoms with Crippen molar-refractivity contribution in [2.75, 3.05) is 22.7 Å². The highest BCUT2D eigenvalue weighted by atomic mass is 35.5. The maximum absolute atomic E-state index is 14.5. The first-order valence-corrected chi connectivity index (χ1v) is 16.2. The summed E-state index contributed by atoms with van der Waals surface area (Å²) in [7, 11) is -3.10. The van der Waals surface area contributed by atoms with Gasteiger partial charge >= 0.3 is 0 Å². The Hall–Kier alpha value is -4.60. The van der Waals surface area contributed by atoms with E-state index < -0.39 is 40.0 Å². The van der Waals surface area contributed by atoms with E-state index in [1.165, 1.54) is 23.6 Å². The minimum Gasteiger partial charge on any atom is -0.372 e. The average Bonchev–Trinajstić information content (AvgIpc) is 3.40. The van der Waals surface area contributed by atoms with Gasteiger partial charge in [0.15, 0.2) is 5.82 Å². The Morgan fingerprint density at radius 2 is 1.81 bits per heavy atom. The summed E-state index contributed by atoms with van der Waals surface area (Å²) < 4.78 is 60.8. The third kappa shape index (κ3) is 6.64. The summed E-state index contributed by atoms with van der Waals surface area (Å²) in [4.78, 5) is 34.1. The summed E-state index contributed by atoms with van der Waals surface area (Å²) in [6.07, 6.45) is -0.182. The molecule has 1 aliphatic heterocycles. The molecule has 1 aliphatic rings. The number of morpholine rings is 1. The number of hydrogen-bond acceptors (Lipinski definition) is 8. The maximum Gasteiger partial charge on any atom is 0.266 e. The number of thiol groups is 1. The van der Waals surface area contributed by atoms with E-state index >= 15 is 0 Å². The van der Waals surface area contributed by atoms with Gasteiger partial charge in [-0.25, -0.2) is 22.2 Å². The third-order valence-electron chi connectivity index (χ3n) is 7.80. The lowest BCUT2D eigenvalue weighted by Gasteiger charge is -2.37. The number of hydrogen-bond donors (Lipinski definition) is 4. The molecular formula is C31H30ClF2N7O5S. The van der Waals surface area contributed by atoms with E-state index in [0.29, 0.717) is 18.6 Å². The molecular weight excluding hydrogens is 656 g/mol. The predicted molar refractivity (Wildman–Crippen MR) is 175 cm³/mol. The van der Waals surface area contributed by atoms with Gasteiger partial charge in [-0.3, -0.25) is 24.0 Å². The molecule has 6 rings (SSSR count). The number of anilines is 2. The number of benzene rings is 3. The molecule has 0 bridgehead atoms. The molecule has 0 spiro atoms. The molecule has 3 atom stereocenters. The number of nitrogens with one attached hydrogen (secondary N) is 3. The lowest BCUT2D eigenvalue weighted by atomic mass is 10.0. The molecule has 0 unspecified atom stereocenters. The number of nitrogens with zero attached hydrogens (tertiary/aromatic N) is 4. The molecule has 0 saturated carbocycles. The molecule has 3 N–H and O–H groups in total. The first kappa shape index (κ1) is 32.3. The lowest BCUT2D eigenvalue weighted by Crippen LogP contribution is -2.45. The number of carbonyl (C=O) groups is 1. The van der Waals surface area contributed by atoms with Crippen LogP contribution in [0.3, 0.4) is 0 Å². The molecule has 2 aromatic heterocycles. The van der Waals surface area contributed by atoms with Crippen LogP contribution in [0.5, 0.6) is 0 Å². The van der Waals surface area contributed by atoms with Crippen molar-refractivity contribution in [2.45, 2.75) is 45.4 Å². The molecule has 12 nitrogen and oxygen atoms in total. The number of amides is 1. The highest BCUT2D eigenvalue weighted by molar-refractivity contribution is 7.73. The van der Waals surface area contributed by atoms with E-state index in [-0.39, 0.29) is 62.8 Å². The van der Waals surface area contributed by atoms with Crippen LogP contribution in [-0.4, -0.2) is 59.4 Å². The van der Waals surface area contributed by atoms with E-state index in [1.54, 1.807) is 12.1 Å². The number of aromatic nitrogens is 4. The fourth-order valence-electron chi connectivity index (χ4n) is 6.09. The van der Waals surface area contributed by atoms with Crippen LogP contribution in [0, 0.1) is 11.6 Å². The second kappa shape index (κ2) is 12.9. The smallest absolute Gasteiger partial charge is 0.266 e. The minimum absolute atomic E-state index is 0.0253. The Morgan fingerprint density at radius 1 is 1.11 bits per heavy atom. The van der Waals surface area contributed by atoms with E-state index in [0.717, 1.165) is 23.9 Å². The van der Waals surface area contributed by atoms with Crippen LogP contribution in [0.1, 0.15) is 38.2 Å².